The van der Waals surface area contributed by atoms with Crippen LogP contribution in [0.1, 0.15) is 29.0 Å². The lowest BCUT2D eigenvalue weighted by molar-refractivity contribution is 0.0691. The predicted octanol–water partition coefficient (Wildman–Crippen LogP) is 2.50. The Hall–Kier alpha value is -2.32. The lowest BCUT2D eigenvalue weighted by Gasteiger charge is -2.38. The molecule has 1 atom stereocenters. The first kappa shape index (κ1) is 17.1. The third kappa shape index (κ3) is 3.34. The van der Waals surface area contributed by atoms with Crippen LogP contribution in [0.4, 0.5) is 5.13 Å². The maximum absolute atomic E-state index is 11.0. The van der Waals surface area contributed by atoms with E-state index in [-0.39, 0.29) is 11.7 Å². The lowest BCUT2D eigenvalue weighted by Crippen LogP contribution is -2.47. The van der Waals surface area contributed by atoms with Gasteiger partial charge in [0.2, 0.25) is 0 Å². The Labute approximate surface area is 155 Å². The number of piperazine rings is 1. The van der Waals surface area contributed by atoms with E-state index in [0.29, 0.717) is 13.2 Å². The summed E-state index contributed by atoms with van der Waals surface area (Å²) in [6.07, 6.45) is 0. The topological polar surface area (TPSA) is 75.1 Å². The molecule has 2 aliphatic rings. The molecule has 26 heavy (non-hydrogen) atoms. The van der Waals surface area contributed by atoms with Crippen LogP contribution in [-0.2, 0) is 0 Å². The zero-order valence-electron chi connectivity index (χ0n) is 14.6. The first-order valence-electron chi connectivity index (χ1n) is 8.69. The third-order valence-electron chi connectivity index (χ3n) is 4.89. The normalized spacial score (nSPS) is 18.6. The van der Waals surface area contributed by atoms with E-state index in [9.17, 15) is 4.79 Å². The quantitative estimate of drug-likeness (QED) is 0.880. The van der Waals surface area contributed by atoms with Crippen molar-refractivity contribution in [2.75, 3.05) is 44.3 Å². The zero-order valence-corrected chi connectivity index (χ0v) is 15.4. The Morgan fingerprint density at radius 1 is 1.19 bits per heavy atom. The number of thiazole rings is 1. The molecule has 0 aliphatic carbocycles. The molecule has 0 spiro atoms. The smallest absolute Gasteiger partial charge is 0.355 e. The largest absolute Gasteiger partial charge is 0.486 e. The number of ether oxygens (including phenoxy) is 2. The first-order valence-corrected chi connectivity index (χ1v) is 9.57. The number of aromatic carboxylic acids is 1. The number of carboxylic acid groups (broad SMARTS) is 1. The van der Waals surface area contributed by atoms with Crippen LogP contribution in [0.25, 0.3) is 0 Å². The van der Waals surface area contributed by atoms with Crippen molar-refractivity contribution in [2.24, 2.45) is 0 Å². The second kappa shape index (κ2) is 7.13. The monoisotopic (exact) mass is 375 g/mol. The van der Waals surface area contributed by atoms with E-state index in [1.807, 2.05) is 6.07 Å². The van der Waals surface area contributed by atoms with Crippen molar-refractivity contribution in [3.63, 3.8) is 0 Å². The summed E-state index contributed by atoms with van der Waals surface area (Å²) in [5.74, 6) is 0.664. The molecule has 8 heteroatoms. The van der Waals surface area contributed by atoms with Crippen LogP contribution in [0, 0.1) is 0 Å². The molecule has 0 saturated carbocycles. The molecule has 1 fully saturated rings. The van der Waals surface area contributed by atoms with Crippen LogP contribution in [0.2, 0.25) is 0 Å². The first-order chi connectivity index (χ1) is 12.6. The molecule has 0 radical (unpaired) electrons. The van der Waals surface area contributed by atoms with Gasteiger partial charge in [-0.15, -0.1) is 11.3 Å². The van der Waals surface area contributed by atoms with Gasteiger partial charge in [0.05, 0.1) is 0 Å². The molecule has 0 amide bonds. The van der Waals surface area contributed by atoms with Crippen molar-refractivity contribution in [1.29, 1.82) is 0 Å². The SMILES string of the molecule is CC(c1ccc2c(c1)OCCO2)N1CCN(c2nc(C(=O)O)cs2)CC1. The Morgan fingerprint density at radius 2 is 1.92 bits per heavy atom. The van der Waals surface area contributed by atoms with E-state index in [1.54, 1.807) is 5.38 Å². The summed E-state index contributed by atoms with van der Waals surface area (Å²) in [6.45, 7) is 6.87. The van der Waals surface area contributed by atoms with E-state index in [2.05, 4.69) is 33.8 Å². The van der Waals surface area contributed by atoms with E-state index >= 15 is 0 Å². The van der Waals surface area contributed by atoms with Gasteiger partial charge in [0.25, 0.3) is 0 Å². The lowest BCUT2D eigenvalue weighted by atomic mass is 10.1. The Kier molecular flexibility index (Phi) is 4.69. The highest BCUT2D eigenvalue weighted by Gasteiger charge is 2.25. The van der Waals surface area contributed by atoms with E-state index in [0.717, 1.165) is 42.8 Å². The zero-order chi connectivity index (χ0) is 18.1. The minimum Gasteiger partial charge on any atom is -0.486 e. The number of carboxylic acids is 1. The molecule has 1 aromatic carbocycles. The van der Waals surface area contributed by atoms with Gasteiger partial charge in [-0.2, -0.15) is 0 Å². The number of anilines is 1. The number of benzene rings is 1. The van der Waals surface area contributed by atoms with Crippen molar-refractivity contribution < 1.29 is 19.4 Å². The summed E-state index contributed by atoms with van der Waals surface area (Å²) in [6, 6.07) is 6.44. The van der Waals surface area contributed by atoms with Gasteiger partial charge < -0.3 is 19.5 Å². The predicted molar refractivity (Wildman–Crippen MR) is 98.7 cm³/mol. The molecule has 0 bridgehead atoms. The van der Waals surface area contributed by atoms with Crippen molar-refractivity contribution in [2.45, 2.75) is 13.0 Å². The van der Waals surface area contributed by atoms with Gasteiger partial charge in [-0.05, 0) is 24.6 Å². The Bertz CT molecular complexity index is 801. The van der Waals surface area contributed by atoms with Crippen LogP contribution >= 0.6 is 11.3 Å². The third-order valence-corrected chi connectivity index (χ3v) is 5.79. The molecule has 1 unspecified atom stereocenters. The molecular weight excluding hydrogens is 354 g/mol. The Balaban J connectivity index is 1.40. The highest BCUT2D eigenvalue weighted by molar-refractivity contribution is 7.13. The van der Waals surface area contributed by atoms with E-state index < -0.39 is 5.97 Å². The summed E-state index contributed by atoms with van der Waals surface area (Å²) in [5.41, 5.74) is 1.34. The number of rotatable bonds is 4. The summed E-state index contributed by atoms with van der Waals surface area (Å²) in [4.78, 5) is 19.8. The van der Waals surface area contributed by atoms with Gasteiger partial charge >= 0.3 is 5.97 Å². The number of hydrogen-bond acceptors (Lipinski definition) is 7. The van der Waals surface area contributed by atoms with E-state index in [4.69, 9.17) is 14.6 Å². The van der Waals surface area contributed by atoms with Crippen LogP contribution in [0.5, 0.6) is 11.5 Å². The molecule has 1 N–H and O–H groups in total. The number of hydrogen-bond donors (Lipinski definition) is 1. The van der Waals surface area contributed by atoms with Crippen LogP contribution < -0.4 is 14.4 Å². The van der Waals surface area contributed by atoms with Gasteiger partial charge in [0.1, 0.15) is 13.2 Å². The molecule has 2 aliphatic heterocycles. The summed E-state index contributed by atoms with van der Waals surface area (Å²) in [7, 11) is 0. The molecule has 1 aromatic heterocycles. The fourth-order valence-corrected chi connectivity index (χ4v) is 4.19. The van der Waals surface area contributed by atoms with Crippen LogP contribution in [0.3, 0.4) is 0 Å². The van der Waals surface area contributed by atoms with Crippen LogP contribution in [0.15, 0.2) is 23.6 Å². The van der Waals surface area contributed by atoms with Gasteiger partial charge in [-0.3, -0.25) is 4.90 Å². The molecule has 3 heterocycles. The number of nitrogens with zero attached hydrogens (tertiary/aromatic N) is 3. The average Bonchev–Trinajstić information content (AvgIpc) is 3.18. The minimum atomic E-state index is -0.974. The molecule has 138 valence electrons. The molecule has 7 nitrogen and oxygen atoms in total. The molecule has 4 rings (SSSR count). The average molecular weight is 375 g/mol. The minimum absolute atomic E-state index is 0.122. The second-order valence-electron chi connectivity index (χ2n) is 6.42. The standard InChI is InChI=1S/C18H21N3O4S/c1-12(13-2-3-15-16(10-13)25-9-8-24-15)20-4-6-21(7-5-20)18-19-14(11-26-18)17(22)23/h2-3,10-12H,4-9H2,1H3,(H,22,23). The van der Waals surface area contributed by atoms with Gasteiger partial charge in [0.15, 0.2) is 22.3 Å². The summed E-state index contributed by atoms with van der Waals surface area (Å²) < 4.78 is 11.3. The summed E-state index contributed by atoms with van der Waals surface area (Å²) >= 11 is 1.39. The van der Waals surface area contributed by atoms with Gasteiger partial charge in [-0.25, -0.2) is 9.78 Å². The number of aromatic nitrogens is 1. The number of carbonyl (C=O) groups is 1. The molecule has 1 saturated heterocycles. The van der Waals surface area contributed by atoms with Crippen molar-refractivity contribution in [1.82, 2.24) is 9.88 Å². The van der Waals surface area contributed by atoms with E-state index in [1.165, 1.54) is 16.9 Å². The van der Waals surface area contributed by atoms with Crippen LogP contribution in [-0.4, -0.2) is 60.4 Å². The highest BCUT2D eigenvalue weighted by atomic mass is 32.1. The van der Waals surface area contributed by atoms with Crippen molar-refractivity contribution in [3.8, 4) is 11.5 Å². The molecular formula is C18H21N3O4S. The second-order valence-corrected chi connectivity index (χ2v) is 7.26. The van der Waals surface area contributed by atoms with Gasteiger partial charge in [-0.1, -0.05) is 6.07 Å². The van der Waals surface area contributed by atoms with Crippen molar-refractivity contribution in [3.05, 3.63) is 34.8 Å². The number of fused-ring (bicyclic) bond motifs is 1. The van der Waals surface area contributed by atoms with Crippen molar-refractivity contribution >= 4 is 22.4 Å². The fraction of sp³-hybridized carbons (Fsp3) is 0.444. The highest BCUT2D eigenvalue weighted by Crippen LogP contribution is 2.34. The molecule has 2 aromatic rings. The Morgan fingerprint density at radius 3 is 2.62 bits per heavy atom. The maximum atomic E-state index is 11.0. The van der Waals surface area contributed by atoms with Gasteiger partial charge in [0, 0.05) is 37.6 Å². The fourth-order valence-electron chi connectivity index (χ4n) is 3.34. The maximum Gasteiger partial charge on any atom is 0.355 e. The summed E-state index contributed by atoms with van der Waals surface area (Å²) in [5, 5.41) is 11.4.